The Bertz CT molecular complexity index is 873. The maximum absolute atomic E-state index is 13.3. The van der Waals surface area contributed by atoms with Crippen molar-refractivity contribution in [2.75, 3.05) is 0 Å². The lowest BCUT2D eigenvalue weighted by Gasteiger charge is -2.08. The predicted molar refractivity (Wildman–Crippen MR) is 81.7 cm³/mol. The molecule has 5 nitrogen and oxygen atoms in total. The average Bonchev–Trinajstić information content (AvgIpc) is 3.04. The second-order valence-electron chi connectivity index (χ2n) is 4.89. The van der Waals surface area contributed by atoms with E-state index in [1.807, 2.05) is 0 Å². The Balaban J connectivity index is 1.86. The molecule has 3 aromatic rings. The van der Waals surface area contributed by atoms with Crippen molar-refractivity contribution in [2.24, 2.45) is 0 Å². The van der Waals surface area contributed by atoms with E-state index in [4.69, 9.17) is 4.74 Å². The first-order valence-corrected chi connectivity index (χ1v) is 7.64. The summed E-state index contributed by atoms with van der Waals surface area (Å²) in [4.78, 5) is 20.7. The van der Waals surface area contributed by atoms with Gasteiger partial charge in [-0.2, -0.15) is 8.78 Å². The summed E-state index contributed by atoms with van der Waals surface area (Å²) in [6.45, 7) is 0.399. The highest BCUT2D eigenvalue weighted by Crippen LogP contribution is 2.24. The number of hydrogen-bond donors (Lipinski definition) is 0. The maximum atomic E-state index is 13.3. The van der Waals surface area contributed by atoms with Crippen LogP contribution in [0.15, 0.2) is 24.3 Å². The number of para-hydroxylation sites is 2. The minimum Gasteiger partial charge on any atom is -0.453 e. The monoisotopic (exact) mass is 337 g/mol. The molecule has 0 atom stereocenters. The number of halogens is 2. The number of fused-ring (bicyclic) bond motifs is 1. The maximum Gasteiger partial charge on any atom is 0.350 e. The number of nitrogens with zero attached hydrogens (tertiary/aromatic N) is 3. The highest BCUT2D eigenvalue weighted by molar-refractivity contribution is 7.13. The Hall–Kier alpha value is -2.35. The third-order valence-electron chi connectivity index (χ3n) is 3.29. The molecular weight excluding hydrogens is 324 g/mol. The summed E-state index contributed by atoms with van der Waals surface area (Å²) < 4.78 is 32.5. The fraction of sp³-hybridized carbons (Fsp3) is 0.267. The lowest BCUT2D eigenvalue weighted by atomic mass is 10.3. The van der Waals surface area contributed by atoms with Gasteiger partial charge in [0.15, 0.2) is 5.82 Å². The van der Waals surface area contributed by atoms with Crippen LogP contribution in [0.2, 0.25) is 0 Å². The van der Waals surface area contributed by atoms with Crippen molar-refractivity contribution in [2.45, 2.75) is 27.0 Å². The summed E-state index contributed by atoms with van der Waals surface area (Å²) in [6.07, 6.45) is 0. The highest BCUT2D eigenvalue weighted by Gasteiger charge is 2.20. The van der Waals surface area contributed by atoms with Crippen LogP contribution < -0.4 is 0 Å². The minimum atomic E-state index is -2.76. The van der Waals surface area contributed by atoms with Gasteiger partial charge in [-0.25, -0.2) is 14.8 Å². The Morgan fingerprint density at radius 1 is 1.30 bits per heavy atom. The van der Waals surface area contributed by atoms with Gasteiger partial charge in [0, 0.05) is 0 Å². The molecule has 0 aliphatic rings. The third kappa shape index (κ3) is 2.94. The molecule has 0 saturated carbocycles. The number of aromatic nitrogens is 3. The molecule has 0 bridgehead atoms. The lowest BCUT2D eigenvalue weighted by molar-refractivity contribution is 0.0391. The fourth-order valence-corrected chi connectivity index (χ4v) is 3.14. The summed E-state index contributed by atoms with van der Waals surface area (Å²) in [5, 5.41) is 0.745. The van der Waals surface area contributed by atoms with Gasteiger partial charge >= 0.3 is 12.5 Å². The number of aryl methyl sites for hydroxylation is 2. The van der Waals surface area contributed by atoms with Gasteiger partial charge in [0.2, 0.25) is 0 Å². The van der Waals surface area contributed by atoms with Crippen LogP contribution in [0.5, 0.6) is 0 Å². The van der Waals surface area contributed by atoms with Crippen molar-refractivity contribution in [3.63, 3.8) is 0 Å². The predicted octanol–water partition coefficient (Wildman–Crippen LogP) is 3.86. The summed E-state index contributed by atoms with van der Waals surface area (Å²) in [7, 11) is 0. The van der Waals surface area contributed by atoms with Crippen LogP contribution in [0.4, 0.5) is 8.78 Å². The fourth-order valence-electron chi connectivity index (χ4n) is 2.33. The number of alkyl halides is 2. The molecular formula is C15H13F2N3O2S. The molecule has 0 amide bonds. The van der Waals surface area contributed by atoms with Crippen LogP contribution >= 0.6 is 11.3 Å². The summed E-state index contributed by atoms with van der Waals surface area (Å²) >= 11 is 1.21. The van der Waals surface area contributed by atoms with Crippen molar-refractivity contribution in [3.8, 4) is 0 Å². The Kier molecular flexibility index (Phi) is 4.08. The zero-order valence-electron chi connectivity index (χ0n) is 12.4. The van der Waals surface area contributed by atoms with Gasteiger partial charge in [-0.15, -0.1) is 11.3 Å². The molecule has 0 radical (unpaired) electrons. The summed E-state index contributed by atoms with van der Waals surface area (Å²) in [5.41, 5.74) is 1.31. The SMILES string of the molecule is Cc1nc(C)c(C(=O)OCc2nc3ccccc3n2C(F)F)s1. The molecule has 2 heterocycles. The number of ether oxygens (including phenoxy) is 1. The number of imidazole rings is 1. The topological polar surface area (TPSA) is 57.0 Å². The van der Waals surface area contributed by atoms with Gasteiger partial charge in [-0.3, -0.25) is 4.57 Å². The highest BCUT2D eigenvalue weighted by atomic mass is 32.1. The van der Waals surface area contributed by atoms with Crippen LogP contribution in [0.3, 0.4) is 0 Å². The average molecular weight is 337 g/mol. The van der Waals surface area contributed by atoms with Gasteiger partial charge in [-0.05, 0) is 26.0 Å². The number of hydrogen-bond acceptors (Lipinski definition) is 5. The van der Waals surface area contributed by atoms with E-state index in [1.165, 1.54) is 11.3 Å². The molecule has 0 saturated heterocycles. The van der Waals surface area contributed by atoms with Gasteiger partial charge in [0.25, 0.3) is 0 Å². The normalized spacial score (nSPS) is 11.3. The van der Waals surface area contributed by atoms with Gasteiger partial charge < -0.3 is 4.74 Å². The van der Waals surface area contributed by atoms with E-state index in [2.05, 4.69) is 9.97 Å². The molecule has 120 valence electrons. The van der Waals surface area contributed by atoms with Crippen LogP contribution in [0.1, 0.15) is 32.7 Å². The number of thiazole rings is 1. The largest absolute Gasteiger partial charge is 0.453 e. The molecule has 0 aliphatic heterocycles. The van der Waals surface area contributed by atoms with E-state index in [-0.39, 0.29) is 12.4 Å². The van der Waals surface area contributed by atoms with E-state index >= 15 is 0 Å². The van der Waals surface area contributed by atoms with Crippen molar-refractivity contribution in [3.05, 3.63) is 45.7 Å². The van der Waals surface area contributed by atoms with Crippen molar-refractivity contribution in [1.29, 1.82) is 0 Å². The molecule has 2 aromatic heterocycles. The summed E-state index contributed by atoms with van der Waals surface area (Å²) in [6, 6.07) is 6.55. The number of carbonyl (C=O) groups is 1. The number of carbonyl (C=O) groups excluding carboxylic acids is 1. The van der Waals surface area contributed by atoms with E-state index in [9.17, 15) is 13.6 Å². The minimum absolute atomic E-state index is 0.00782. The van der Waals surface area contributed by atoms with Gasteiger partial charge in [-0.1, -0.05) is 12.1 Å². The first kappa shape index (κ1) is 15.5. The first-order valence-electron chi connectivity index (χ1n) is 6.82. The Morgan fingerprint density at radius 3 is 2.70 bits per heavy atom. The molecule has 1 aromatic carbocycles. The smallest absolute Gasteiger partial charge is 0.350 e. The molecule has 0 spiro atoms. The summed E-state index contributed by atoms with van der Waals surface area (Å²) in [5.74, 6) is -0.575. The first-order chi connectivity index (χ1) is 11.0. The van der Waals surface area contributed by atoms with Crippen LogP contribution in [-0.4, -0.2) is 20.5 Å². The number of benzene rings is 1. The lowest BCUT2D eigenvalue weighted by Crippen LogP contribution is -2.10. The van der Waals surface area contributed by atoms with Crippen molar-refractivity contribution in [1.82, 2.24) is 14.5 Å². The number of rotatable bonds is 4. The molecule has 0 aliphatic carbocycles. The van der Waals surface area contributed by atoms with Crippen molar-refractivity contribution < 1.29 is 18.3 Å². The molecule has 0 unspecified atom stereocenters. The molecule has 8 heteroatoms. The van der Waals surface area contributed by atoms with Crippen molar-refractivity contribution >= 4 is 28.3 Å². The van der Waals surface area contributed by atoms with E-state index in [1.54, 1.807) is 38.1 Å². The van der Waals surface area contributed by atoms with Gasteiger partial charge in [0.1, 0.15) is 11.5 Å². The standard InChI is InChI=1S/C15H13F2N3O2S/c1-8-13(23-9(2)18-8)14(21)22-7-12-19-10-5-3-4-6-11(10)20(12)15(16)17/h3-6,15H,7H2,1-2H3. The van der Waals surface area contributed by atoms with Gasteiger partial charge in [0.05, 0.1) is 21.7 Å². The second kappa shape index (κ2) is 6.04. The third-order valence-corrected chi connectivity index (χ3v) is 4.34. The Morgan fingerprint density at radius 2 is 2.04 bits per heavy atom. The van der Waals surface area contributed by atoms with E-state index in [0.29, 0.717) is 21.6 Å². The zero-order valence-corrected chi connectivity index (χ0v) is 13.2. The number of esters is 1. The van der Waals surface area contributed by atoms with Crippen LogP contribution in [0, 0.1) is 13.8 Å². The quantitative estimate of drug-likeness (QED) is 0.678. The van der Waals surface area contributed by atoms with E-state index in [0.717, 1.165) is 9.57 Å². The molecule has 3 rings (SSSR count). The molecule has 0 N–H and O–H groups in total. The Labute approximate surface area is 134 Å². The zero-order chi connectivity index (χ0) is 16.6. The van der Waals surface area contributed by atoms with Crippen LogP contribution in [-0.2, 0) is 11.3 Å². The van der Waals surface area contributed by atoms with E-state index < -0.39 is 12.5 Å². The molecule has 0 fully saturated rings. The molecule has 23 heavy (non-hydrogen) atoms. The second-order valence-corrected chi connectivity index (χ2v) is 6.09. The van der Waals surface area contributed by atoms with Crippen LogP contribution in [0.25, 0.3) is 11.0 Å².